The average Bonchev–Trinajstić information content (AvgIpc) is 2.08. The molecule has 0 fully saturated rings. The zero-order chi connectivity index (χ0) is 10.8. The van der Waals surface area contributed by atoms with Crippen molar-refractivity contribution in [3.63, 3.8) is 0 Å². The first-order valence-corrected chi connectivity index (χ1v) is 5.46. The van der Waals surface area contributed by atoms with Crippen molar-refractivity contribution in [1.29, 1.82) is 0 Å². The summed E-state index contributed by atoms with van der Waals surface area (Å²) in [4.78, 5) is 11.3. The van der Waals surface area contributed by atoms with Crippen LogP contribution in [0.25, 0.3) is 0 Å². The maximum atomic E-state index is 11.3. The van der Waals surface area contributed by atoms with Gasteiger partial charge in [0.25, 0.3) is 0 Å². The van der Waals surface area contributed by atoms with Crippen molar-refractivity contribution in [2.45, 2.75) is 27.2 Å². The highest BCUT2D eigenvalue weighted by molar-refractivity contribution is 9.18. The number of benzene rings is 1. The quantitative estimate of drug-likeness (QED) is 0.755. The number of carbonyl (C=O) groups excluding carboxylic acids is 1. The Labute approximate surface area is 93.7 Å². The normalized spacial score (nSPS) is 11.4. The lowest BCUT2D eigenvalue weighted by Gasteiger charge is -2.19. The summed E-state index contributed by atoms with van der Waals surface area (Å²) in [5.74, 6) is 0. The van der Waals surface area contributed by atoms with Gasteiger partial charge in [0.2, 0.25) is 4.69 Å². The van der Waals surface area contributed by atoms with Crippen molar-refractivity contribution in [3.05, 3.63) is 35.4 Å². The summed E-state index contributed by atoms with van der Waals surface area (Å²) in [6, 6.07) is 8.30. The van der Waals surface area contributed by atoms with Gasteiger partial charge < -0.3 is 0 Å². The lowest BCUT2D eigenvalue weighted by Crippen LogP contribution is -2.21. The van der Waals surface area contributed by atoms with E-state index in [-0.39, 0.29) is 10.1 Å². The topological polar surface area (TPSA) is 17.1 Å². The third-order valence-corrected chi connectivity index (χ3v) is 3.37. The standard InChI is InChI=1S/C12H15BrO/c1-9-4-6-10(7-5-9)8-12(2,3)11(13)14/h4-7H,8H2,1-3H3. The maximum Gasteiger partial charge on any atom is 0.203 e. The van der Waals surface area contributed by atoms with Crippen LogP contribution < -0.4 is 0 Å². The average molecular weight is 255 g/mol. The van der Waals surface area contributed by atoms with Gasteiger partial charge in [0, 0.05) is 5.41 Å². The van der Waals surface area contributed by atoms with Gasteiger partial charge in [-0.3, -0.25) is 4.79 Å². The molecule has 0 unspecified atom stereocenters. The van der Waals surface area contributed by atoms with E-state index in [1.807, 2.05) is 13.8 Å². The Kier molecular flexibility index (Phi) is 3.48. The summed E-state index contributed by atoms with van der Waals surface area (Å²) >= 11 is 3.03. The number of halogens is 1. The van der Waals surface area contributed by atoms with Crippen LogP contribution in [0, 0.1) is 12.3 Å². The number of carbonyl (C=O) groups is 1. The van der Waals surface area contributed by atoms with Crippen LogP contribution in [0.1, 0.15) is 25.0 Å². The zero-order valence-corrected chi connectivity index (χ0v) is 10.4. The van der Waals surface area contributed by atoms with E-state index in [1.54, 1.807) is 0 Å². The molecule has 0 bridgehead atoms. The summed E-state index contributed by atoms with van der Waals surface area (Å²) in [6.45, 7) is 5.96. The lowest BCUT2D eigenvalue weighted by atomic mass is 9.87. The Morgan fingerprint density at radius 3 is 2.21 bits per heavy atom. The van der Waals surface area contributed by atoms with Gasteiger partial charge in [-0.15, -0.1) is 0 Å². The van der Waals surface area contributed by atoms with Crippen molar-refractivity contribution in [2.24, 2.45) is 5.41 Å². The first kappa shape index (κ1) is 11.4. The van der Waals surface area contributed by atoms with Crippen molar-refractivity contribution in [3.8, 4) is 0 Å². The number of rotatable bonds is 3. The summed E-state index contributed by atoms with van der Waals surface area (Å²) in [7, 11) is 0. The van der Waals surface area contributed by atoms with E-state index in [1.165, 1.54) is 11.1 Å². The molecule has 0 atom stereocenters. The van der Waals surface area contributed by atoms with Crippen LogP contribution in [0.5, 0.6) is 0 Å². The molecule has 1 aromatic carbocycles. The number of aryl methyl sites for hydroxylation is 1. The Morgan fingerprint density at radius 2 is 1.79 bits per heavy atom. The minimum Gasteiger partial charge on any atom is -0.286 e. The van der Waals surface area contributed by atoms with E-state index < -0.39 is 0 Å². The minimum absolute atomic E-state index is 0.0607. The van der Waals surface area contributed by atoms with Gasteiger partial charge >= 0.3 is 0 Å². The third-order valence-electron chi connectivity index (χ3n) is 2.30. The van der Waals surface area contributed by atoms with Gasteiger partial charge in [-0.2, -0.15) is 0 Å². The monoisotopic (exact) mass is 254 g/mol. The van der Waals surface area contributed by atoms with Gasteiger partial charge in [-0.25, -0.2) is 0 Å². The molecule has 0 aliphatic carbocycles. The molecule has 14 heavy (non-hydrogen) atoms. The highest BCUT2D eigenvalue weighted by Gasteiger charge is 2.25. The largest absolute Gasteiger partial charge is 0.286 e. The van der Waals surface area contributed by atoms with E-state index in [4.69, 9.17) is 0 Å². The lowest BCUT2D eigenvalue weighted by molar-refractivity contribution is -0.117. The molecule has 0 N–H and O–H groups in total. The minimum atomic E-state index is -0.324. The summed E-state index contributed by atoms with van der Waals surface area (Å²) in [6.07, 6.45) is 0.775. The molecule has 0 saturated carbocycles. The van der Waals surface area contributed by atoms with Crippen LogP contribution in [0.3, 0.4) is 0 Å². The van der Waals surface area contributed by atoms with Crippen molar-refractivity contribution >= 4 is 20.6 Å². The molecule has 0 spiro atoms. The van der Waals surface area contributed by atoms with Crippen molar-refractivity contribution in [1.82, 2.24) is 0 Å². The highest BCUT2D eigenvalue weighted by Crippen LogP contribution is 2.25. The van der Waals surface area contributed by atoms with Gasteiger partial charge in [0.15, 0.2) is 0 Å². The highest BCUT2D eigenvalue weighted by atomic mass is 79.9. The van der Waals surface area contributed by atoms with Crippen LogP contribution in [0.15, 0.2) is 24.3 Å². The Bertz CT molecular complexity index is 325. The van der Waals surface area contributed by atoms with Crippen LogP contribution in [-0.2, 0) is 11.2 Å². The summed E-state index contributed by atoms with van der Waals surface area (Å²) in [5, 5.41) is 0. The number of hydrogen-bond donors (Lipinski definition) is 0. The van der Waals surface area contributed by atoms with Gasteiger partial charge in [0.05, 0.1) is 0 Å². The maximum absolute atomic E-state index is 11.3. The molecule has 0 aliphatic rings. The fourth-order valence-electron chi connectivity index (χ4n) is 1.29. The van der Waals surface area contributed by atoms with Gasteiger partial charge in [0.1, 0.15) is 0 Å². The molecule has 1 aromatic rings. The molecule has 0 saturated heterocycles. The molecule has 0 radical (unpaired) electrons. The Morgan fingerprint density at radius 1 is 1.29 bits per heavy atom. The van der Waals surface area contributed by atoms with E-state index in [0.717, 1.165) is 6.42 Å². The smallest absolute Gasteiger partial charge is 0.203 e. The van der Waals surface area contributed by atoms with Crippen molar-refractivity contribution < 1.29 is 4.79 Å². The van der Waals surface area contributed by atoms with Crippen LogP contribution in [0.4, 0.5) is 0 Å². The first-order valence-electron chi connectivity index (χ1n) is 4.67. The fourth-order valence-corrected chi connectivity index (χ4v) is 1.43. The van der Waals surface area contributed by atoms with Gasteiger partial charge in [-0.1, -0.05) is 43.7 Å². The predicted octanol–water partition coefficient (Wildman–Crippen LogP) is 3.49. The molecule has 0 aliphatic heterocycles. The zero-order valence-electron chi connectivity index (χ0n) is 8.80. The van der Waals surface area contributed by atoms with E-state index in [0.29, 0.717) is 0 Å². The molecule has 1 nitrogen and oxygen atoms in total. The number of hydrogen-bond acceptors (Lipinski definition) is 1. The second kappa shape index (κ2) is 4.26. The molecular formula is C12H15BrO. The van der Waals surface area contributed by atoms with E-state index >= 15 is 0 Å². The molecular weight excluding hydrogens is 240 g/mol. The molecule has 2 heteroatoms. The molecule has 0 heterocycles. The molecule has 0 aromatic heterocycles. The van der Waals surface area contributed by atoms with Gasteiger partial charge in [-0.05, 0) is 34.8 Å². The molecule has 76 valence electrons. The predicted molar refractivity (Wildman–Crippen MR) is 62.6 cm³/mol. The fraction of sp³-hybridized carbons (Fsp3) is 0.417. The second-order valence-corrected chi connectivity index (χ2v) is 5.04. The van der Waals surface area contributed by atoms with E-state index in [2.05, 4.69) is 47.1 Å². The third kappa shape index (κ3) is 2.95. The van der Waals surface area contributed by atoms with E-state index in [9.17, 15) is 4.79 Å². The summed E-state index contributed by atoms with van der Waals surface area (Å²) in [5.41, 5.74) is 2.13. The molecule has 1 rings (SSSR count). The van der Waals surface area contributed by atoms with Crippen molar-refractivity contribution in [2.75, 3.05) is 0 Å². The Balaban J connectivity index is 2.79. The summed E-state index contributed by atoms with van der Waals surface area (Å²) < 4.78 is 0.0607. The SMILES string of the molecule is Cc1ccc(CC(C)(C)C(=O)Br)cc1. The van der Waals surface area contributed by atoms with Crippen LogP contribution in [-0.4, -0.2) is 4.69 Å². The first-order chi connectivity index (χ1) is 6.42. The Hall–Kier alpha value is -0.630. The van der Waals surface area contributed by atoms with Crippen LogP contribution in [0.2, 0.25) is 0 Å². The molecule has 0 amide bonds. The second-order valence-electron chi connectivity index (χ2n) is 4.32. The van der Waals surface area contributed by atoms with Crippen LogP contribution >= 0.6 is 15.9 Å².